The number of hydrogen-bond donors (Lipinski definition) is 6. The number of aliphatic hydroxyl groups is 5. The highest BCUT2D eigenvalue weighted by Crippen LogP contribution is 2.23. The Morgan fingerprint density at radius 1 is 0.607 bits per heavy atom. The van der Waals surface area contributed by atoms with E-state index in [0.29, 0.717) is 12.8 Å². The van der Waals surface area contributed by atoms with Gasteiger partial charge in [-0.1, -0.05) is 179 Å². The summed E-state index contributed by atoms with van der Waals surface area (Å²) in [6.45, 7) is 3.79. The molecule has 0 spiro atoms. The Balaban J connectivity index is 2.34. The van der Waals surface area contributed by atoms with Crippen LogP contribution < -0.4 is 5.32 Å². The first-order valence-electron chi connectivity index (χ1n) is 23.2. The van der Waals surface area contributed by atoms with Crippen molar-refractivity contribution < 1.29 is 39.8 Å². The highest BCUT2D eigenvalue weighted by molar-refractivity contribution is 5.76. The number of unbranched alkanes of at least 4 members (excludes halogenated alkanes) is 22. The Morgan fingerprint density at radius 3 is 1.59 bits per heavy atom. The Kier molecular flexibility index (Phi) is 35.3. The molecule has 7 atom stereocenters. The summed E-state index contributed by atoms with van der Waals surface area (Å²) < 4.78 is 11.2. The predicted octanol–water partition coefficient (Wildman–Crippen LogP) is 9.67. The van der Waals surface area contributed by atoms with E-state index in [4.69, 9.17) is 9.47 Å². The molecule has 0 bridgehead atoms. The Hall–Kier alpha value is -1.59. The molecule has 0 aromatic heterocycles. The highest BCUT2D eigenvalue weighted by Gasteiger charge is 2.44. The second-order valence-corrected chi connectivity index (χ2v) is 16.2. The average molecular weight is 794 g/mol. The first-order chi connectivity index (χ1) is 27.3. The summed E-state index contributed by atoms with van der Waals surface area (Å²) in [6, 6.07) is -0.724. The van der Waals surface area contributed by atoms with Gasteiger partial charge in [0.25, 0.3) is 0 Å². The number of carbonyl (C=O) groups excluding carboxylic acids is 1. The van der Waals surface area contributed by atoms with Gasteiger partial charge in [0.05, 0.1) is 25.4 Å². The standard InChI is InChI=1S/C47H87NO8/c1-3-5-7-9-11-13-15-17-19-20-21-22-23-25-27-29-31-33-35-37-43(51)48-40(39-55-47-46(54)45(53)44(52)42(38-49)56-47)41(50)36-34-32-30-28-26-24-18-16-14-12-10-8-6-4-2/h11,13,17,19,21-22,40-42,44-47,49-50,52-54H,3-10,12,14-16,18,20,23-39H2,1-2H3,(H,48,51)/b13-11-,19-17-,22-21-. The van der Waals surface area contributed by atoms with Crippen molar-refractivity contribution in [1.29, 1.82) is 0 Å². The molecule has 1 heterocycles. The van der Waals surface area contributed by atoms with Gasteiger partial charge in [0, 0.05) is 6.42 Å². The van der Waals surface area contributed by atoms with Gasteiger partial charge in [-0.2, -0.15) is 0 Å². The summed E-state index contributed by atoms with van der Waals surface area (Å²) in [7, 11) is 0. The summed E-state index contributed by atoms with van der Waals surface area (Å²) in [5.74, 6) is -0.158. The monoisotopic (exact) mass is 794 g/mol. The molecule has 1 aliphatic rings. The predicted molar refractivity (Wildman–Crippen MR) is 230 cm³/mol. The number of amides is 1. The molecule has 0 aromatic carbocycles. The van der Waals surface area contributed by atoms with Crippen molar-refractivity contribution in [2.45, 2.75) is 243 Å². The van der Waals surface area contributed by atoms with Crippen LogP contribution in [0.1, 0.15) is 200 Å². The molecule has 1 rings (SSSR count). The lowest BCUT2D eigenvalue weighted by Gasteiger charge is -2.40. The van der Waals surface area contributed by atoms with Crippen molar-refractivity contribution in [3.8, 4) is 0 Å². The Bertz CT molecular complexity index is 972. The Morgan fingerprint density at radius 2 is 1.05 bits per heavy atom. The molecule has 0 radical (unpaired) electrons. The van der Waals surface area contributed by atoms with Crippen LogP contribution in [0.25, 0.3) is 0 Å². The fraction of sp³-hybridized carbons (Fsp3) is 0.851. The summed E-state index contributed by atoms with van der Waals surface area (Å²) >= 11 is 0. The lowest BCUT2D eigenvalue weighted by Crippen LogP contribution is -2.60. The number of nitrogens with one attached hydrogen (secondary N) is 1. The third-order valence-corrected chi connectivity index (χ3v) is 11.0. The largest absolute Gasteiger partial charge is 0.394 e. The topological polar surface area (TPSA) is 149 Å². The van der Waals surface area contributed by atoms with Gasteiger partial charge < -0.3 is 40.3 Å². The fourth-order valence-corrected chi connectivity index (χ4v) is 7.23. The van der Waals surface area contributed by atoms with Crippen molar-refractivity contribution in [3.05, 3.63) is 36.5 Å². The average Bonchev–Trinajstić information content (AvgIpc) is 3.20. The molecule has 56 heavy (non-hydrogen) atoms. The summed E-state index contributed by atoms with van der Waals surface area (Å²) in [6.07, 6.45) is 38.5. The van der Waals surface area contributed by atoms with Gasteiger partial charge in [0.2, 0.25) is 5.91 Å². The maximum atomic E-state index is 13.0. The first-order valence-corrected chi connectivity index (χ1v) is 23.2. The van der Waals surface area contributed by atoms with Crippen molar-refractivity contribution in [1.82, 2.24) is 5.32 Å². The van der Waals surface area contributed by atoms with Crippen LogP contribution in [0.4, 0.5) is 0 Å². The molecule has 1 saturated heterocycles. The number of aliphatic hydroxyl groups excluding tert-OH is 5. The highest BCUT2D eigenvalue weighted by atomic mass is 16.7. The van der Waals surface area contributed by atoms with E-state index in [-0.39, 0.29) is 12.5 Å². The van der Waals surface area contributed by atoms with Gasteiger partial charge in [-0.25, -0.2) is 0 Å². The summed E-state index contributed by atoms with van der Waals surface area (Å²) in [4.78, 5) is 13.0. The zero-order valence-electron chi connectivity index (χ0n) is 35.9. The van der Waals surface area contributed by atoms with Crippen LogP contribution in [-0.2, 0) is 14.3 Å². The quantitative estimate of drug-likeness (QED) is 0.0268. The van der Waals surface area contributed by atoms with Crippen molar-refractivity contribution in [2.75, 3.05) is 13.2 Å². The third-order valence-electron chi connectivity index (χ3n) is 11.0. The van der Waals surface area contributed by atoms with Gasteiger partial charge >= 0.3 is 0 Å². The maximum absolute atomic E-state index is 13.0. The van der Waals surface area contributed by atoms with Gasteiger partial charge in [-0.15, -0.1) is 0 Å². The smallest absolute Gasteiger partial charge is 0.220 e. The van der Waals surface area contributed by atoms with Gasteiger partial charge in [0.1, 0.15) is 24.4 Å². The van der Waals surface area contributed by atoms with Crippen LogP contribution >= 0.6 is 0 Å². The summed E-state index contributed by atoms with van der Waals surface area (Å²) in [5.41, 5.74) is 0. The van der Waals surface area contributed by atoms with Gasteiger partial charge in [-0.3, -0.25) is 4.79 Å². The molecule has 6 N–H and O–H groups in total. The SMILES string of the molecule is CCCCC/C=C\C/C=C\C/C=C\CCCCCCCCC(=O)NC(COC1OC(CO)C(O)C(O)C1O)C(O)CCCCCCCCCCCCCCCC. The van der Waals surface area contributed by atoms with E-state index in [0.717, 1.165) is 64.2 Å². The molecule has 0 aliphatic carbocycles. The second kappa shape index (κ2) is 37.7. The van der Waals surface area contributed by atoms with E-state index >= 15 is 0 Å². The number of ether oxygens (including phenoxy) is 2. The maximum Gasteiger partial charge on any atom is 0.220 e. The van der Waals surface area contributed by atoms with Crippen LogP contribution in [0.5, 0.6) is 0 Å². The van der Waals surface area contributed by atoms with E-state index in [1.54, 1.807) is 0 Å². The molecule has 1 fully saturated rings. The normalized spacial score (nSPS) is 21.4. The number of allylic oxidation sites excluding steroid dienone is 6. The molecule has 0 aromatic rings. The zero-order chi connectivity index (χ0) is 40.9. The minimum absolute atomic E-state index is 0.143. The molecule has 9 nitrogen and oxygen atoms in total. The van der Waals surface area contributed by atoms with E-state index in [1.165, 1.54) is 109 Å². The lowest BCUT2D eigenvalue weighted by molar-refractivity contribution is -0.302. The fourth-order valence-electron chi connectivity index (χ4n) is 7.23. The minimum atomic E-state index is -1.55. The van der Waals surface area contributed by atoms with Gasteiger partial charge in [-0.05, 0) is 51.4 Å². The van der Waals surface area contributed by atoms with Crippen LogP contribution in [-0.4, -0.2) is 87.5 Å². The van der Waals surface area contributed by atoms with Crippen molar-refractivity contribution >= 4 is 5.91 Å². The molecule has 9 heteroatoms. The lowest BCUT2D eigenvalue weighted by atomic mass is 9.99. The molecule has 7 unspecified atom stereocenters. The molecule has 1 amide bonds. The van der Waals surface area contributed by atoms with E-state index in [2.05, 4.69) is 55.6 Å². The number of carbonyl (C=O) groups is 1. The molecular weight excluding hydrogens is 707 g/mol. The van der Waals surface area contributed by atoms with Gasteiger partial charge in [0.15, 0.2) is 6.29 Å². The zero-order valence-corrected chi connectivity index (χ0v) is 35.9. The first kappa shape index (κ1) is 52.4. The van der Waals surface area contributed by atoms with Crippen LogP contribution in [0.15, 0.2) is 36.5 Å². The number of rotatable bonds is 38. The molecule has 328 valence electrons. The van der Waals surface area contributed by atoms with Crippen LogP contribution in [0.3, 0.4) is 0 Å². The van der Waals surface area contributed by atoms with Crippen molar-refractivity contribution in [2.24, 2.45) is 0 Å². The van der Waals surface area contributed by atoms with E-state index in [9.17, 15) is 30.3 Å². The van der Waals surface area contributed by atoms with E-state index in [1.807, 2.05) is 0 Å². The van der Waals surface area contributed by atoms with Crippen molar-refractivity contribution in [3.63, 3.8) is 0 Å². The molecule has 0 saturated carbocycles. The summed E-state index contributed by atoms with van der Waals surface area (Å²) in [5, 5.41) is 54.3. The van der Waals surface area contributed by atoms with Crippen LogP contribution in [0.2, 0.25) is 0 Å². The minimum Gasteiger partial charge on any atom is -0.394 e. The third kappa shape index (κ3) is 27.9. The van der Waals surface area contributed by atoms with Crippen LogP contribution in [0, 0.1) is 0 Å². The molecule has 1 aliphatic heterocycles. The Labute approximate surface area is 342 Å². The molecular formula is C47H87NO8. The van der Waals surface area contributed by atoms with E-state index < -0.39 is 49.5 Å². The number of hydrogen-bond acceptors (Lipinski definition) is 8. The second-order valence-electron chi connectivity index (χ2n) is 16.2.